The van der Waals surface area contributed by atoms with E-state index in [0.29, 0.717) is 0 Å². The van der Waals surface area contributed by atoms with Crippen LogP contribution in [-0.2, 0) is 5.54 Å². The molecular formula is C13H19NS. The number of rotatable bonds is 2. The van der Waals surface area contributed by atoms with E-state index in [4.69, 9.17) is 5.73 Å². The topological polar surface area (TPSA) is 26.0 Å². The number of hydrogen-bond donors (Lipinski definition) is 1. The summed E-state index contributed by atoms with van der Waals surface area (Å²) in [6.45, 7) is 0. The summed E-state index contributed by atoms with van der Waals surface area (Å²) in [5, 5.41) is 2.16. The van der Waals surface area contributed by atoms with Crippen molar-refractivity contribution in [3.63, 3.8) is 0 Å². The van der Waals surface area contributed by atoms with Gasteiger partial charge in [0, 0.05) is 4.88 Å². The second-order valence-corrected chi connectivity index (χ2v) is 6.27. The van der Waals surface area contributed by atoms with Crippen LogP contribution in [0.5, 0.6) is 0 Å². The predicted molar refractivity (Wildman–Crippen MR) is 64.9 cm³/mol. The van der Waals surface area contributed by atoms with Crippen LogP contribution in [0.15, 0.2) is 17.5 Å². The molecule has 3 rings (SSSR count). The lowest BCUT2D eigenvalue weighted by Crippen LogP contribution is -2.41. The zero-order chi connectivity index (χ0) is 10.3. The lowest BCUT2D eigenvalue weighted by molar-refractivity contribution is 0.210. The maximum Gasteiger partial charge on any atom is 0.0506 e. The van der Waals surface area contributed by atoms with Gasteiger partial charge in [-0.15, -0.1) is 11.3 Å². The van der Waals surface area contributed by atoms with Crippen molar-refractivity contribution in [1.29, 1.82) is 0 Å². The molecule has 0 spiro atoms. The molecular weight excluding hydrogens is 202 g/mol. The molecule has 2 fully saturated rings. The van der Waals surface area contributed by atoms with Gasteiger partial charge in [-0.2, -0.15) is 0 Å². The summed E-state index contributed by atoms with van der Waals surface area (Å²) in [7, 11) is 0. The van der Waals surface area contributed by atoms with Crippen molar-refractivity contribution in [2.24, 2.45) is 17.6 Å². The predicted octanol–water partition coefficient (Wildman–Crippen LogP) is 3.50. The highest BCUT2D eigenvalue weighted by Crippen LogP contribution is 2.49. The van der Waals surface area contributed by atoms with Crippen LogP contribution < -0.4 is 5.73 Å². The molecule has 0 aliphatic heterocycles. The van der Waals surface area contributed by atoms with Crippen molar-refractivity contribution in [1.82, 2.24) is 0 Å². The minimum Gasteiger partial charge on any atom is -0.321 e. The third kappa shape index (κ3) is 1.85. The number of nitrogens with two attached hydrogens (primary N) is 1. The quantitative estimate of drug-likeness (QED) is 0.812. The summed E-state index contributed by atoms with van der Waals surface area (Å²) in [6, 6.07) is 4.36. The molecule has 2 unspecified atom stereocenters. The van der Waals surface area contributed by atoms with E-state index < -0.39 is 0 Å². The Bertz CT molecular complexity index is 328. The molecule has 0 bridgehead atoms. The molecule has 1 nitrogen and oxygen atoms in total. The van der Waals surface area contributed by atoms with Crippen molar-refractivity contribution >= 4 is 11.3 Å². The Kier molecular flexibility index (Phi) is 2.37. The van der Waals surface area contributed by atoms with Crippen molar-refractivity contribution in [2.45, 2.75) is 44.1 Å². The molecule has 2 saturated carbocycles. The molecule has 2 aliphatic carbocycles. The van der Waals surface area contributed by atoms with Crippen molar-refractivity contribution in [2.75, 3.05) is 0 Å². The lowest BCUT2D eigenvalue weighted by atomic mass is 9.73. The molecule has 1 heterocycles. The summed E-state index contributed by atoms with van der Waals surface area (Å²) < 4.78 is 0. The molecule has 0 aromatic carbocycles. The fourth-order valence-electron chi connectivity index (χ4n) is 3.11. The van der Waals surface area contributed by atoms with Gasteiger partial charge in [0.1, 0.15) is 0 Å². The molecule has 2 aliphatic rings. The van der Waals surface area contributed by atoms with E-state index in [1.807, 2.05) is 11.3 Å². The Hall–Kier alpha value is -0.340. The van der Waals surface area contributed by atoms with Gasteiger partial charge in [0.05, 0.1) is 5.54 Å². The van der Waals surface area contributed by atoms with Gasteiger partial charge in [-0.1, -0.05) is 18.9 Å². The van der Waals surface area contributed by atoms with Crippen LogP contribution in [0.3, 0.4) is 0 Å². The molecule has 0 amide bonds. The highest BCUT2D eigenvalue weighted by Gasteiger charge is 2.41. The van der Waals surface area contributed by atoms with Crippen LogP contribution in [0.25, 0.3) is 0 Å². The third-order valence-corrected chi connectivity index (χ3v) is 5.21. The van der Waals surface area contributed by atoms with E-state index in [1.54, 1.807) is 0 Å². The summed E-state index contributed by atoms with van der Waals surface area (Å²) in [4.78, 5) is 1.41. The lowest BCUT2D eigenvalue weighted by Gasteiger charge is -2.37. The minimum absolute atomic E-state index is 0.0136. The van der Waals surface area contributed by atoms with E-state index in [0.717, 1.165) is 11.8 Å². The van der Waals surface area contributed by atoms with Gasteiger partial charge in [0.15, 0.2) is 0 Å². The Morgan fingerprint density at radius 1 is 1.27 bits per heavy atom. The maximum atomic E-state index is 6.59. The van der Waals surface area contributed by atoms with Gasteiger partial charge < -0.3 is 5.73 Å². The standard InChI is InChI=1S/C13H19NS/c14-13(12-4-2-8-15-12)7-1-3-11(9-13)10-5-6-10/h2,4,8,10-11H,1,3,5-7,9,14H2. The normalized spacial score (nSPS) is 36.7. The maximum absolute atomic E-state index is 6.59. The van der Waals surface area contributed by atoms with Crippen LogP contribution in [0.4, 0.5) is 0 Å². The average Bonchev–Trinajstić information content (AvgIpc) is 2.93. The number of hydrogen-bond acceptors (Lipinski definition) is 2. The highest BCUT2D eigenvalue weighted by molar-refractivity contribution is 7.10. The van der Waals surface area contributed by atoms with Gasteiger partial charge in [0.25, 0.3) is 0 Å². The van der Waals surface area contributed by atoms with E-state index in [9.17, 15) is 0 Å². The Morgan fingerprint density at radius 2 is 2.13 bits per heavy atom. The second kappa shape index (κ2) is 3.60. The molecule has 82 valence electrons. The van der Waals surface area contributed by atoms with E-state index >= 15 is 0 Å². The van der Waals surface area contributed by atoms with Crippen LogP contribution in [0.2, 0.25) is 0 Å². The first-order valence-electron chi connectivity index (χ1n) is 6.11. The smallest absolute Gasteiger partial charge is 0.0506 e. The summed E-state index contributed by atoms with van der Waals surface area (Å²) >= 11 is 1.84. The van der Waals surface area contributed by atoms with Crippen LogP contribution in [0, 0.1) is 11.8 Å². The van der Waals surface area contributed by atoms with Crippen LogP contribution in [0.1, 0.15) is 43.4 Å². The van der Waals surface area contributed by atoms with Gasteiger partial charge >= 0.3 is 0 Å². The third-order valence-electron chi connectivity index (χ3n) is 4.12. The number of thiophene rings is 1. The Morgan fingerprint density at radius 3 is 2.80 bits per heavy atom. The van der Waals surface area contributed by atoms with Crippen LogP contribution in [-0.4, -0.2) is 0 Å². The summed E-state index contributed by atoms with van der Waals surface area (Å²) in [5.41, 5.74) is 6.60. The first kappa shape index (κ1) is 9.86. The van der Waals surface area contributed by atoms with Crippen molar-refractivity contribution in [3.05, 3.63) is 22.4 Å². The molecule has 1 aromatic rings. The van der Waals surface area contributed by atoms with Gasteiger partial charge in [-0.25, -0.2) is 0 Å². The fraction of sp³-hybridized carbons (Fsp3) is 0.692. The average molecular weight is 221 g/mol. The van der Waals surface area contributed by atoms with Crippen molar-refractivity contribution < 1.29 is 0 Å². The Labute approximate surface area is 95.7 Å². The molecule has 2 heteroatoms. The molecule has 1 aromatic heterocycles. The molecule has 0 saturated heterocycles. The van der Waals surface area contributed by atoms with Crippen LogP contribution >= 0.6 is 11.3 Å². The highest BCUT2D eigenvalue weighted by atomic mass is 32.1. The van der Waals surface area contributed by atoms with Crippen molar-refractivity contribution in [3.8, 4) is 0 Å². The molecule has 2 atom stereocenters. The first-order chi connectivity index (χ1) is 7.28. The monoisotopic (exact) mass is 221 g/mol. The summed E-state index contributed by atoms with van der Waals surface area (Å²) in [5.74, 6) is 1.94. The largest absolute Gasteiger partial charge is 0.321 e. The van der Waals surface area contributed by atoms with E-state index in [-0.39, 0.29) is 5.54 Å². The zero-order valence-electron chi connectivity index (χ0n) is 9.11. The van der Waals surface area contributed by atoms with E-state index in [1.165, 1.54) is 43.4 Å². The van der Waals surface area contributed by atoms with Gasteiger partial charge in [-0.3, -0.25) is 0 Å². The molecule has 15 heavy (non-hydrogen) atoms. The van der Waals surface area contributed by atoms with Gasteiger partial charge in [0.2, 0.25) is 0 Å². The van der Waals surface area contributed by atoms with Gasteiger partial charge in [-0.05, 0) is 49.0 Å². The second-order valence-electron chi connectivity index (χ2n) is 5.33. The first-order valence-corrected chi connectivity index (χ1v) is 6.99. The summed E-state index contributed by atoms with van der Waals surface area (Å²) in [6.07, 6.45) is 8.11. The molecule has 0 radical (unpaired) electrons. The fourth-order valence-corrected chi connectivity index (χ4v) is 3.99. The minimum atomic E-state index is 0.0136. The SMILES string of the molecule is NC1(c2cccs2)CCCC(C2CC2)C1. The molecule has 2 N–H and O–H groups in total. The van der Waals surface area contributed by atoms with E-state index in [2.05, 4.69) is 17.5 Å². The zero-order valence-corrected chi connectivity index (χ0v) is 9.93. The Balaban J connectivity index is 1.79.